The van der Waals surface area contributed by atoms with E-state index >= 15 is 0 Å². The molecule has 0 aromatic rings. The van der Waals surface area contributed by atoms with Crippen molar-refractivity contribution in [2.75, 3.05) is 40.9 Å². The number of hydrogen-bond donors (Lipinski definition) is 2. The van der Waals surface area contributed by atoms with Crippen molar-refractivity contribution in [1.82, 2.24) is 5.32 Å². The molecule has 0 rings (SSSR count). The third-order valence-electron chi connectivity index (χ3n) is 6.50. The first-order chi connectivity index (χ1) is 18.0. The number of nitrogens with one attached hydrogen (secondary N) is 1. The van der Waals surface area contributed by atoms with Crippen LogP contribution in [0.15, 0.2) is 12.2 Å². The maximum Gasteiger partial charge on any atom is 0.268 e. The average Bonchev–Trinajstić information content (AvgIpc) is 2.84. The monoisotopic (exact) mass is 562 g/mol. The zero-order valence-corrected chi connectivity index (χ0v) is 26.0. The van der Waals surface area contributed by atoms with Crippen LogP contribution >= 0.6 is 7.82 Å². The topological polar surface area (TPSA) is 108 Å². The molecule has 3 unspecified atom stereocenters. The molecule has 0 radical (unpaired) electrons. The van der Waals surface area contributed by atoms with Crippen LogP contribution in [0.25, 0.3) is 0 Å². The lowest BCUT2D eigenvalue weighted by molar-refractivity contribution is -0.870. The highest BCUT2D eigenvalue weighted by molar-refractivity contribution is 7.45. The number of carbonyl (C=O) groups excluding carboxylic acids is 1. The summed E-state index contributed by atoms with van der Waals surface area (Å²) in [5.41, 5.74) is 0. The molecule has 0 bridgehead atoms. The highest BCUT2D eigenvalue weighted by Crippen LogP contribution is 2.38. The van der Waals surface area contributed by atoms with Crippen LogP contribution in [0.3, 0.4) is 0 Å². The van der Waals surface area contributed by atoms with Gasteiger partial charge in [0.25, 0.3) is 7.82 Å². The van der Waals surface area contributed by atoms with E-state index < -0.39 is 20.0 Å². The van der Waals surface area contributed by atoms with Gasteiger partial charge in [0.1, 0.15) is 13.2 Å². The van der Waals surface area contributed by atoms with Gasteiger partial charge in [-0.1, -0.05) is 83.8 Å². The summed E-state index contributed by atoms with van der Waals surface area (Å²) in [6.07, 6.45) is 19.8. The van der Waals surface area contributed by atoms with Crippen LogP contribution in [0.5, 0.6) is 0 Å². The molecule has 226 valence electrons. The van der Waals surface area contributed by atoms with Gasteiger partial charge in [-0.05, 0) is 38.5 Å². The van der Waals surface area contributed by atoms with Gasteiger partial charge in [0, 0.05) is 6.42 Å². The van der Waals surface area contributed by atoms with Crippen molar-refractivity contribution in [3.05, 3.63) is 12.2 Å². The Labute approximate surface area is 233 Å². The van der Waals surface area contributed by atoms with E-state index in [0.717, 1.165) is 57.8 Å². The lowest BCUT2D eigenvalue weighted by Gasteiger charge is -2.30. The van der Waals surface area contributed by atoms with Gasteiger partial charge in [0.05, 0.1) is 39.9 Å². The molecule has 8 nitrogen and oxygen atoms in total. The minimum atomic E-state index is -4.53. The summed E-state index contributed by atoms with van der Waals surface area (Å²) in [7, 11) is 1.29. The largest absolute Gasteiger partial charge is 0.756 e. The maximum atomic E-state index is 12.6. The Bertz CT molecular complexity index is 653. The van der Waals surface area contributed by atoms with Crippen LogP contribution in [-0.2, 0) is 18.4 Å². The number of hydrogen-bond acceptors (Lipinski definition) is 6. The van der Waals surface area contributed by atoms with E-state index in [-0.39, 0.29) is 19.1 Å². The van der Waals surface area contributed by atoms with E-state index in [9.17, 15) is 19.4 Å². The number of aliphatic hydroxyl groups excluding tert-OH is 1. The van der Waals surface area contributed by atoms with Crippen LogP contribution in [-0.4, -0.2) is 68.5 Å². The summed E-state index contributed by atoms with van der Waals surface area (Å²) in [6.45, 7) is 4.52. The van der Waals surface area contributed by atoms with Gasteiger partial charge < -0.3 is 28.8 Å². The van der Waals surface area contributed by atoms with Crippen molar-refractivity contribution in [1.29, 1.82) is 0 Å². The smallest absolute Gasteiger partial charge is 0.268 e. The Kier molecular flexibility index (Phi) is 22.5. The quantitative estimate of drug-likeness (QED) is 0.0590. The molecule has 0 aromatic carbocycles. The molecule has 3 atom stereocenters. The number of carbonyl (C=O) groups is 1. The predicted octanol–water partition coefficient (Wildman–Crippen LogP) is 5.88. The molecule has 0 aliphatic carbocycles. The Hall–Kier alpha value is -0.760. The Balaban J connectivity index is 4.44. The summed E-state index contributed by atoms with van der Waals surface area (Å²) in [5, 5.41) is 13.5. The third kappa shape index (κ3) is 24.3. The van der Waals surface area contributed by atoms with Gasteiger partial charge in [-0.3, -0.25) is 9.36 Å². The molecule has 0 heterocycles. The highest BCUT2D eigenvalue weighted by Gasteiger charge is 2.24. The molecule has 1 amide bonds. The number of likely N-dealkylation sites (N-methyl/N-ethyl adjacent to an activating group) is 1. The predicted molar refractivity (Wildman–Crippen MR) is 155 cm³/mol. The number of phosphoric ester groups is 1. The summed E-state index contributed by atoms with van der Waals surface area (Å²) >= 11 is 0. The van der Waals surface area contributed by atoms with Crippen molar-refractivity contribution in [2.45, 2.75) is 129 Å². The summed E-state index contributed by atoms with van der Waals surface area (Å²) in [6, 6.07) is -0.794. The van der Waals surface area contributed by atoms with Crippen molar-refractivity contribution in [2.24, 2.45) is 0 Å². The van der Waals surface area contributed by atoms with Gasteiger partial charge in [-0.2, -0.15) is 0 Å². The van der Waals surface area contributed by atoms with Gasteiger partial charge in [-0.15, -0.1) is 0 Å². The average molecular weight is 563 g/mol. The molecule has 38 heavy (non-hydrogen) atoms. The van der Waals surface area contributed by atoms with E-state index in [1.807, 2.05) is 21.1 Å². The van der Waals surface area contributed by atoms with Crippen molar-refractivity contribution < 1.29 is 32.9 Å². The molecule has 0 saturated carbocycles. The Morgan fingerprint density at radius 3 is 2.08 bits per heavy atom. The van der Waals surface area contributed by atoms with E-state index in [4.69, 9.17) is 9.05 Å². The standard InChI is InChI=1S/C29H59N2O6P/c1-6-8-10-12-13-14-15-16-17-18-19-21-23-29(33)30-27(28(32)22-20-11-9-7-2)26-37-38(34,35)36-25-24-31(3,4)5/h13-14,27-28,32H,6-12,15-26H2,1-5H3,(H-,30,33,34,35)/b14-13-. The first-order valence-corrected chi connectivity index (χ1v) is 16.5. The van der Waals surface area contributed by atoms with Crippen LogP contribution < -0.4 is 10.2 Å². The fraction of sp³-hybridized carbons (Fsp3) is 0.897. The molecular weight excluding hydrogens is 503 g/mol. The first kappa shape index (κ1) is 37.2. The second-order valence-electron chi connectivity index (χ2n) is 11.5. The number of allylic oxidation sites excluding steroid dienone is 2. The summed E-state index contributed by atoms with van der Waals surface area (Å²) in [5.74, 6) is -0.187. The number of amides is 1. The lowest BCUT2D eigenvalue weighted by Crippen LogP contribution is -2.46. The molecule has 0 aliphatic heterocycles. The molecule has 0 saturated heterocycles. The number of phosphoric acid groups is 1. The molecule has 9 heteroatoms. The molecule has 2 N–H and O–H groups in total. The van der Waals surface area contributed by atoms with Gasteiger partial charge in [0.15, 0.2) is 0 Å². The molecule has 0 aromatic heterocycles. The second kappa shape index (κ2) is 23.0. The van der Waals surface area contributed by atoms with E-state index in [2.05, 4.69) is 31.3 Å². The van der Waals surface area contributed by atoms with Crippen molar-refractivity contribution in [3.8, 4) is 0 Å². The van der Waals surface area contributed by atoms with Crippen molar-refractivity contribution in [3.63, 3.8) is 0 Å². The van der Waals surface area contributed by atoms with Gasteiger partial charge in [0.2, 0.25) is 5.91 Å². The normalized spacial score (nSPS) is 15.4. The fourth-order valence-electron chi connectivity index (χ4n) is 3.97. The number of nitrogens with zero attached hydrogens (tertiary/aromatic N) is 1. The van der Waals surface area contributed by atoms with Gasteiger partial charge >= 0.3 is 0 Å². The SMILES string of the molecule is CCCCC/C=C\CCCCCCCC(=O)NC(COP(=O)([O-])OCC[N+](C)(C)C)C(O)CCCCCC. The summed E-state index contributed by atoms with van der Waals surface area (Å²) < 4.78 is 22.8. The third-order valence-corrected chi connectivity index (χ3v) is 7.47. The van der Waals surface area contributed by atoms with Crippen molar-refractivity contribution >= 4 is 13.7 Å². The summed E-state index contributed by atoms with van der Waals surface area (Å²) in [4.78, 5) is 24.8. The van der Waals surface area contributed by atoms with E-state index in [0.29, 0.717) is 23.9 Å². The van der Waals surface area contributed by atoms with E-state index in [1.54, 1.807) is 0 Å². The van der Waals surface area contributed by atoms with Crippen LogP contribution in [0.2, 0.25) is 0 Å². The van der Waals surface area contributed by atoms with Gasteiger partial charge in [-0.25, -0.2) is 0 Å². The minimum Gasteiger partial charge on any atom is -0.756 e. The second-order valence-corrected chi connectivity index (χ2v) is 12.9. The number of aliphatic hydroxyl groups is 1. The first-order valence-electron chi connectivity index (χ1n) is 15.0. The van der Waals surface area contributed by atoms with Crippen LogP contribution in [0.1, 0.15) is 117 Å². The molecule has 0 aliphatic rings. The Morgan fingerprint density at radius 1 is 0.895 bits per heavy atom. The lowest BCUT2D eigenvalue weighted by atomic mass is 10.0. The molecular formula is C29H59N2O6P. The number of quaternary nitrogens is 1. The molecule has 0 fully saturated rings. The Morgan fingerprint density at radius 2 is 1.45 bits per heavy atom. The van der Waals surface area contributed by atoms with Crippen LogP contribution in [0.4, 0.5) is 0 Å². The molecule has 0 spiro atoms. The number of unbranched alkanes of at least 4 members (excludes halogenated alkanes) is 11. The highest BCUT2D eigenvalue weighted by atomic mass is 31.2. The zero-order valence-electron chi connectivity index (χ0n) is 25.1. The van der Waals surface area contributed by atoms with Crippen LogP contribution in [0, 0.1) is 0 Å². The fourth-order valence-corrected chi connectivity index (χ4v) is 4.69. The maximum absolute atomic E-state index is 12.6. The number of rotatable bonds is 26. The zero-order chi connectivity index (χ0) is 28.7. The van der Waals surface area contributed by atoms with E-state index in [1.165, 1.54) is 32.1 Å². The minimum absolute atomic E-state index is 0.0100.